The third-order valence-corrected chi connectivity index (χ3v) is 2.89. The molecule has 13 heavy (non-hydrogen) atoms. The van der Waals surface area contributed by atoms with Gasteiger partial charge in [0.1, 0.15) is 5.69 Å². The lowest BCUT2D eigenvalue weighted by molar-refractivity contribution is 0.0595. The Bertz CT molecular complexity index is 428. The quantitative estimate of drug-likeness (QED) is 0.744. The minimum atomic E-state index is -0.362. The molecule has 1 N–H and O–H groups in total. The first-order chi connectivity index (χ1) is 6.20. The topological polar surface area (TPSA) is 42.1 Å². The summed E-state index contributed by atoms with van der Waals surface area (Å²) < 4.78 is 6.24. The van der Waals surface area contributed by atoms with Gasteiger partial charge in [-0.05, 0) is 12.1 Å². The van der Waals surface area contributed by atoms with Crippen molar-refractivity contribution >= 4 is 39.1 Å². The van der Waals surface area contributed by atoms with Gasteiger partial charge in [-0.1, -0.05) is 11.6 Å². The number of ether oxygens (including phenoxy) is 1. The maximum atomic E-state index is 11.1. The number of halogens is 1. The lowest BCUT2D eigenvalue weighted by Gasteiger charge is -1.92. The fourth-order valence-electron chi connectivity index (χ4n) is 1.11. The minimum absolute atomic E-state index is 0.362. The molecule has 0 saturated carbocycles. The zero-order chi connectivity index (χ0) is 9.42. The summed E-state index contributed by atoms with van der Waals surface area (Å²) >= 11 is 7.20. The summed E-state index contributed by atoms with van der Waals surface area (Å²) in [6, 6.07) is 3.52. The zero-order valence-corrected chi connectivity index (χ0v) is 8.33. The highest BCUT2D eigenvalue weighted by Gasteiger charge is 2.10. The number of carbonyl (C=O) groups excluding carboxylic acids is 1. The van der Waals surface area contributed by atoms with Crippen molar-refractivity contribution in [1.29, 1.82) is 0 Å². The first kappa shape index (κ1) is 8.59. The highest BCUT2D eigenvalue weighted by Crippen LogP contribution is 2.29. The Balaban J connectivity index is 2.51. The summed E-state index contributed by atoms with van der Waals surface area (Å²) in [5, 5.41) is 0. The normalized spacial score (nSPS) is 10.6. The average Bonchev–Trinajstić information content (AvgIpc) is 2.59. The summed E-state index contributed by atoms with van der Waals surface area (Å²) in [7, 11) is 1.35. The van der Waals surface area contributed by atoms with Crippen LogP contribution in [0.15, 0.2) is 12.1 Å². The molecule has 0 bridgehead atoms. The van der Waals surface area contributed by atoms with Gasteiger partial charge >= 0.3 is 5.97 Å². The van der Waals surface area contributed by atoms with Crippen LogP contribution in [0.3, 0.4) is 0 Å². The summed E-state index contributed by atoms with van der Waals surface area (Å²) in [4.78, 5) is 14.0. The first-order valence-electron chi connectivity index (χ1n) is 3.57. The zero-order valence-electron chi connectivity index (χ0n) is 6.76. The molecule has 0 amide bonds. The number of H-pyrrole nitrogens is 1. The molecule has 2 aromatic rings. The number of fused-ring (bicyclic) bond motifs is 1. The Labute approximate surface area is 83.3 Å². The Morgan fingerprint density at radius 2 is 2.38 bits per heavy atom. The van der Waals surface area contributed by atoms with E-state index in [2.05, 4.69) is 9.72 Å². The number of aromatic amines is 1. The molecule has 0 saturated heterocycles. The van der Waals surface area contributed by atoms with Gasteiger partial charge in [0.05, 0.1) is 21.7 Å². The predicted octanol–water partition coefficient (Wildman–Crippen LogP) is 2.67. The number of rotatable bonds is 1. The van der Waals surface area contributed by atoms with E-state index < -0.39 is 0 Å². The van der Waals surface area contributed by atoms with Gasteiger partial charge in [0, 0.05) is 0 Å². The van der Waals surface area contributed by atoms with E-state index in [1.54, 1.807) is 12.1 Å². The maximum absolute atomic E-state index is 11.1. The molecule has 5 heteroatoms. The predicted molar refractivity (Wildman–Crippen MR) is 52.5 cm³/mol. The van der Waals surface area contributed by atoms with Crippen molar-refractivity contribution in [3.8, 4) is 0 Å². The summed E-state index contributed by atoms with van der Waals surface area (Å²) in [6.07, 6.45) is 0. The molecule has 68 valence electrons. The number of methoxy groups -OCH3 is 1. The Kier molecular flexibility index (Phi) is 2.01. The van der Waals surface area contributed by atoms with Crippen LogP contribution in [0.1, 0.15) is 10.5 Å². The molecule has 3 nitrogen and oxygen atoms in total. The summed E-state index contributed by atoms with van der Waals surface area (Å²) in [6.45, 7) is 0. The van der Waals surface area contributed by atoms with E-state index in [0.29, 0.717) is 10.0 Å². The van der Waals surface area contributed by atoms with Crippen LogP contribution in [-0.2, 0) is 4.74 Å². The maximum Gasteiger partial charge on any atom is 0.354 e. The second-order valence-electron chi connectivity index (χ2n) is 2.50. The number of thiophene rings is 1. The molecule has 0 fully saturated rings. The van der Waals surface area contributed by atoms with Crippen molar-refractivity contribution in [2.45, 2.75) is 0 Å². The van der Waals surface area contributed by atoms with Gasteiger partial charge in [0.2, 0.25) is 0 Å². The molecule has 0 spiro atoms. The minimum Gasteiger partial charge on any atom is -0.464 e. The van der Waals surface area contributed by atoms with E-state index in [9.17, 15) is 4.79 Å². The van der Waals surface area contributed by atoms with Crippen molar-refractivity contribution in [1.82, 2.24) is 4.98 Å². The van der Waals surface area contributed by atoms with Gasteiger partial charge in [-0.2, -0.15) is 0 Å². The van der Waals surface area contributed by atoms with Crippen LogP contribution in [0, 0.1) is 0 Å². The molecular weight excluding hydrogens is 210 g/mol. The molecule has 0 unspecified atom stereocenters. The second kappa shape index (κ2) is 3.05. The van der Waals surface area contributed by atoms with E-state index in [-0.39, 0.29) is 5.97 Å². The van der Waals surface area contributed by atoms with E-state index in [1.165, 1.54) is 18.4 Å². The first-order valence-corrected chi connectivity index (χ1v) is 4.76. The number of nitrogens with one attached hydrogen (secondary N) is 1. The standard InChI is InChI=1S/C8H6ClNO2S/c1-12-8(11)5-2-6-4(10-5)3-7(9)13-6/h2-3,10H,1H3. The molecular formula is C8H6ClNO2S. The lowest BCUT2D eigenvalue weighted by atomic mass is 10.4. The molecule has 2 rings (SSSR count). The van der Waals surface area contributed by atoms with Crippen molar-refractivity contribution in [2.75, 3.05) is 7.11 Å². The van der Waals surface area contributed by atoms with E-state index in [0.717, 1.165) is 10.2 Å². The number of hydrogen-bond donors (Lipinski definition) is 1. The Morgan fingerprint density at radius 1 is 1.62 bits per heavy atom. The Hall–Kier alpha value is -1.00. The van der Waals surface area contributed by atoms with Gasteiger partial charge in [-0.3, -0.25) is 0 Å². The Morgan fingerprint density at radius 3 is 3.00 bits per heavy atom. The fraction of sp³-hybridized carbons (Fsp3) is 0.125. The van der Waals surface area contributed by atoms with E-state index >= 15 is 0 Å². The number of hydrogen-bond acceptors (Lipinski definition) is 3. The van der Waals surface area contributed by atoms with Crippen LogP contribution >= 0.6 is 22.9 Å². The summed E-state index contributed by atoms with van der Waals surface area (Å²) in [5.41, 5.74) is 1.33. The SMILES string of the molecule is COC(=O)c1cc2sc(Cl)cc2[nH]1. The smallest absolute Gasteiger partial charge is 0.354 e. The van der Waals surface area contributed by atoms with Gasteiger partial charge in [0.25, 0.3) is 0 Å². The van der Waals surface area contributed by atoms with Crippen LogP contribution in [-0.4, -0.2) is 18.1 Å². The van der Waals surface area contributed by atoms with Crippen LogP contribution in [0.5, 0.6) is 0 Å². The van der Waals surface area contributed by atoms with Gasteiger partial charge < -0.3 is 9.72 Å². The van der Waals surface area contributed by atoms with Crippen LogP contribution < -0.4 is 0 Å². The lowest BCUT2D eigenvalue weighted by Crippen LogP contribution is -2.00. The fourth-order valence-corrected chi connectivity index (χ4v) is 2.25. The molecule has 0 aromatic carbocycles. The van der Waals surface area contributed by atoms with Gasteiger partial charge in [-0.15, -0.1) is 11.3 Å². The van der Waals surface area contributed by atoms with Gasteiger partial charge in [0.15, 0.2) is 0 Å². The molecule has 0 aliphatic rings. The molecule has 0 aliphatic heterocycles. The molecule has 2 aromatic heterocycles. The monoisotopic (exact) mass is 215 g/mol. The molecule has 0 aliphatic carbocycles. The number of esters is 1. The van der Waals surface area contributed by atoms with E-state index in [4.69, 9.17) is 11.6 Å². The highest BCUT2D eigenvalue weighted by atomic mass is 35.5. The van der Waals surface area contributed by atoms with Gasteiger partial charge in [-0.25, -0.2) is 4.79 Å². The summed E-state index contributed by atoms with van der Waals surface area (Å²) in [5.74, 6) is -0.362. The molecule has 2 heterocycles. The third kappa shape index (κ3) is 1.43. The number of aromatic nitrogens is 1. The van der Waals surface area contributed by atoms with Crippen LogP contribution in [0.2, 0.25) is 4.34 Å². The highest BCUT2D eigenvalue weighted by molar-refractivity contribution is 7.22. The molecule has 0 radical (unpaired) electrons. The molecule has 0 atom stereocenters. The van der Waals surface area contributed by atoms with Crippen LogP contribution in [0.4, 0.5) is 0 Å². The van der Waals surface area contributed by atoms with Crippen molar-refractivity contribution < 1.29 is 9.53 Å². The van der Waals surface area contributed by atoms with Crippen LogP contribution in [0.25, 0.3) is 10.2 Å². The average molecular weight is 216 g/mol. The third-order valence-electron chi connectivity index (χ3n) is 1.68. The second-order valence-corrected chi connectivity index (χ2v) is 4.22. The van der Waals surface area contributed by atoms with Crippen molar-refractivity contribution in [2.24, 2.45) is 0 Å². The largest absolute Gasteiger partial charge is 0.464 e. The number of carbonyl (C=O) groups is 1. The van der Waals surface area contributed by atoms with Crippen molar-refractivity contribution in [3.63, 3.8) is 0 Å². The van der Waals surface area contributed by atoms with Crippen molar-refractivity contribution in [3.05, 3.63) is 22.2 Å². The van der Waals surface area contributed by atoms with E-state index in [1.807, 2.05) is 0 Å².